The molecule has 0 fully saturated rings. The van der Waals surface area contributed by atoms with Crippen molar-refractivity contribution >= 4 is 27.3 Å². The van der Waals surface area contributed by atoms with E-state index in [9.17, 15) is 26.4 Å². The van der Waals surface area contributed by atoms with Gasteiger partial charge >= 0.3 is 12.1 Å². The Morgan fingerprint density at radius 1 is 0.900 bits per heavy atom. The summed E-state index contributed by atoms with van der Waals surface area (Å²) in [5, 5.41) is 0. The van der Waals surface area contributed by atoms with Crippen LogP contribution in [0.4, 0.5) is 24.5 Å². The lowest BCUT2D eigenvalue weighted by atomic mass is 9.83. The van der Waals surface area contributed by atoms with Crippen LogP contribution in [0.25, 0.3) is 0 Å². The van der Waals surface area contributed by atoms with E-state index in [1.165, 1.54) is 29.7 Å². The number of carbonyl (C=O) groups excluding carboxylic acids is 1. The molecule has 0 aliphatic heterocycles. The zero-order chi connectivity index (χ0) is 22.9. The van der Waals surface area contributed by atoms with Gasteiger partial charge in [0.2, 0.25) is 0 Å². The summed E-state index contributed by atoms with van der Waals surface area (Å²) in [6, 6.07) is 8.89. The molecule has 30 heavy (non-hydrogen) atoms. The fraction of sp³-hybridized carbons (Fsp3) is 0.350. The van der Waals surface area contributed by atoms with E-state index in [-0.39, 0.29) is 21.7 Å². The summed E-state index contributed by atoms with van der Waals surface area (Å²) in [5.74, 6) is -2.14. The molecule has 164 valence electrons. The smallest absolute Gasteiger partial charge is 0.298 e. The lowest BCUT2D eigenvalue weighted by molar-refractivity contribution is -0.173. The summed E-state index contributed by atoms with van der Waals surface area (Å²) in [6.07, 6.45) is -5.01. The Labute approximate surface area is 173 Å². The fourth-order valence-corrected chi connectivity index (χ4v) is 4.27. The van der Waals surface area contributed by atoms with Crippen LogP contribution in [0.15, 0.2) is 41.3 Å². The number of hydrogen-bond acceptors (Lipinski definition) is 4. The summed E-state index contributed by atoms with van der Waals surface area (Å²) in [7, 11) is -3.89. The average Bonchev–Trinajstić information content (AvgIpc) is 2.58. The monoisotopic (exact) mass is 443 g/mol. The van der Waals surface area contributed by atoms with Crippen molar-refractivity contribution in [1.29, 1.82) is 0 Å². The quantitative estimate of drug-likeness (QED) is 0.598. The first-order valence-electron chi connectivity index (χ1n) is 8.99. The molecule has 1 amide bonds. The second-order valence-electron chi connectivity index (χ2n) is 7.94. The van der Waals surface area contributed by atoms with E-state index >= 15 is 0 Å². The molecule has 0 saturated heterocycles. The fourth-order valence-electron chi connectivity index (χ4n) is 2.96. The maximum absolute atomic E-state index is 12.9. The number of benzene rings is 2. The molecule has 2 rings (SSSR count). The normalized spacial score (nSPS) is 12.4. The van der Waals surface area contributed by atoms with Gasteiger partial charge in [0.25, 0.3) is 10.0 Å². The van der Waals surface area contributed by atoms with Crippen LogP contribution in [-0.4, -0.2) is 20.5 Å². The van der Waals surface area contributed by atoms with Gasteiger partial charge in [-0.25, -0.2) is 8.42 Å². The summed E-state index contributed by atoms with van der Waals surface area (Å²) in [6.45, 7) is 9.64. The van der Waals surface area contributed by atoms with Crippen LogP contribution >= 0.6 is 0 Å². The van der Waals surface area contributed by atoms with E-state index in [0.717, 1.165) is 11.1 Å². The molecule has 0 aromatic heterocycles. The third-order valence-electron chi connectivity index (χ3n) is 4.33. The molecular formula is C20H24F3N3O3S. The van der Waals surface area contributed by atoms with Crippen LogP contribution in [0, 0.1) is 13.8 Å². The Hall–Kier alpha value is -2.75. The van der Waals surface area contributed by atoms with E-state index in [0.29, 0.717) is 5.56 Å². The predicted octanol–water partition coefficient (Wildman–Crippen LogP) is 4.41. The number of sulfonamides is 1. The van der Waals surface area contributed by atoms with Crippen LogP contribution in [0.5, 0.6) is 0 Å². The van der Waals surface area contributed by atoms with Gasteiger partial charge < -0.3 is 0 Å². The second-order valence-corrected chi connectivity index (χ2v) is 9.59. The van der Waals surface area contributed by atoms with E-state index in [1.807, 2.05) is 33.8 Å². The van der Waals surface area contributed by atoms with Gasteiger partial charge in [0.1, 0.15) is 0 Å². The van der Waals surface area contributed by atoms with Crippen LogP contribution in [0.1, 0.15) is 37.5 Å². The first-order chi connectivity index (χ1) is 13.6. The second kappa shape index (κ2) is 8.17. The SMILES string of the molecule is Cc1cc(C)c(S(=O)(=O)Nc2ccc(NNC(=O)C(F)(F)F)cc2)cc1C(C)(C)C. The largest absolute Gasteiger partial charge is 0.472 e. The van der Waals surface area contributed by atoms with Crippen molar-refractivity contribution < 1.29 is 26.4 Å². The van der Waals surface area contributed by atoms with Crippen molar-refractivity contribution in [1.82, 2.24) is 5.43 Å². The number of alkyl halides is 3. The first-order valence-corrected chi connectivity index (χ1v) is 10.5. The number of anilines is 2. The number of carbonyl (C=O) groups is 1. The van der Waals surface area contributed by atoms with E-state index in [2.05, 4.69) is 10.1 Å². The van der Waals surface area contributed by atoms with E-state index in [4.69, 9.17) is 0 Å². The van der Waals surface area contributed by atoms with Crippen LogP contribution < -0.4 is 15.6 Å². The Morgan fingerprint density at radius 2 is 1.43 bits per heavy atom. The topological polar surface area (TPSA) is 87.3 Å². The molecular weight excluding hydrogens is 419 g/mol. The highest BCUT2D eigenvalue weighted by Crippen LogP contribution is 2.31. The molecule has 0 spiro atoms. The van der Waals surface area contributed by atoms with Crippen LogP contribution in [0.2, 0.25) is 0 Å². The Balaban J connectivity index is 2.21. The van der Waals surface area contributed by atoms with Gasteiger partial charge in [0.05, 0.1) is 10.6 Å². The number of nitrogens with one attached hydrogen (secondary N) is 3. The van der Waals surface area contributed by atoms with Gasteiger partial charge in [0, 0.05) is 5.69 Å². The van der Waals surface area contributed by atoms with Crippen molar-refractivity contribution in [3.8, 4) is 0 Å². The van der Waals surface area contributed by atoms with Crippen molar-refractivity contribution in [2.75, 3.05) is 10.1 Å². The zero-order valence-electron chi connectivity index (χ0n) is 17.2. The molecule has 0 aliphatic carbocycles. The Morgan fingerprint density at radius 3 is 1.93 bits per heavy atom. The Bertz CT molecular complexity index is 1040. The number of rotatable bonds is 5. The predicted molar refractivity (Wildman–Crippen MR) is 110 cm³/mol. The van der Waals surface area contributed by atoms with Gasteiger partial charge in [-0.15, -0.1) is 0 Å². The highest BCUT2D eigenvalue weighted by atomic mass is 32.2. The molecule has 3 N–H and O–H groups in total. The number of hydrogen-bond donors (Lipinski definition) is 3. The maximum atomic E-state index is 12.9. The molecule has 0 aliphatic rings. The molecule has 10 heteroatoms. The van der Waals surface area contributed by atoms with Gasteiger partial charge in [0.15, 0.2) is 0 Å². The summed E-state index contributed by atoms with van der Waals surface area (Å²) >= 11 is 0. The third-order valence-corrected chi connectivity index (χ3v) is 5.86. The minimum Gasteiger partial charge on any atom is -0.298 e. The van der Waals surface area contributed by atoms with Gasteiger partial charge in [-0.05, 0) is 66.3 Å². The lowest BCUT2D eigenvalue weighted by Gasteiger charge is -2.23. The molecule has 0 atom stereocenters. The maximum Gasteiger partial charge on any atom is 0.472 e. The minimum atomic E-state index is -5.01. The highest BCUT2D eigenvalue weighted by Gasteiger charge is 2.38. The summed E-state index contributed by atoms with van der Waals surface area (Å²) < 4.78 is 64.9. The first kappa shape index (κ1) is 23.5. The number of aryl methyl sites for hydroxylation is 2. The van der Waals surface area contributed by atoms with Crippen LogP contribution in [0.3, 0.4) is 0 Å². The third kappa shape index (κ3) is 5.65. The van der Waals surface area contributed by atoms with E-state index in [1.54, 1.807) is 13.0 Å². The van der Waals surface area contributed by atoms with E-state index < -0.39 is 22.1 Å². The molecule has 0 unspecified atom stereocenters. The van der Waals surface area contributed by atoms with Crippen molar-refractivity contribution in [3.63, 3.8) is 0 Å². The molecule has 0 bridgehead atoms. The molecule has 6 nitrogen and oxygen atoms in total. The van der Waals surface area contributed by atoms with Gasteiger partial charge in [-0.3, -0.25) is 20.4 Å². The molecule has 2 aromatic rings. The minimum absolute atomic E-state index is 0.150. The van der Waals surface area contributed by atoms with Gasteiger partial charge in [-0.2, -0.15) is 13.2 Å². The van der Waals surface area contributed by atoms with Crippen molar-refractivity contribution in [2.45, 2.75) is 51.1 Å². The van der Waals surface area contributed by atoms with Crippen molar-refractivity contribution in [2.24, 2.45) is 0 Å². The van der Waals surface area contributed by atoms with Gasteiger partial charge in [-0.1, -0.05) is 26.8 Å². The number of halogens is 3. The van der Waals surface area contributed by atoms with Crippen LogP contribution in [-0.2, 0) is 20.2 Å². The summed E-state index contributed by atoms with van der Waals surface area (Å²) in [5.41, 5.74) is 6.27. The Kier molecular flexibility index (Phi) is 6.41. The average molecular weight is 443 g/mol. The van der Waals surface area contributed by atoms with Crippen molar-refractivity contribution in [3.05, 3.63) is 53.1 Å². The summed E-state index contributed by atoms with van der Waals surface area (Å²) in [4.78, 5) is 11.0. The molecule has 0 radical (unpaired) electrons. The molecule has 0 heterocycles. The number of hydrazine groups is 1. The highest BCUT2D eigenvalue weighted by molar-refractivity contribution is 7.92. The zero-order valence-corrected chi connectivity index (χ0v) is 18.0. The number of amides is 1. The molecule has 2 aromatic carbocycles. The molecule has 0 saturated carbocycles. The standard InChI is InChI=1S/C20H24F3N3O3S/c1-12-10-13(2)17(11-16(12)19(3,4)5)30(28,29)26-15-8-6-14(7-9-15)24-25-18(27)20(21,22)23/h6-11,24,26H,1-5H3,(H,25,27). The lowest BCUT2D eigenvalue weighted by Crippen LogP contribution is -2.40.